The van der Waals surface area contributed by atoms with Crippen LogP contribution in [0.2, 0.25) is 0 Å². The molecule has 1 amide bonds. The molecule has 2 N–H and O–H groups in total. The van der Waals surface area contributed by atoms with Crippen molar-refractivity contribution in [1.82, 2.24) is 0 Å². The lowest BCUT2D eigenvalue weighted by molar-refractivity contribution is -0.137. The standard InChI is InChI=1S/C21H14F3NO3/c22-21(23,24)15-7-3-5-13(11-15)14-6-4-8-16(12-14)25-19(26)17-9-1-2-10-18(17)20(27)28/h1-12H,(H,25,26)(H,27,28). The summed E-state index contributed by atoms with van der Waals surface area (Å²) >= 11 is 0. The van der Waals surface area contributed by atoms with Crippen molar-refractivity contribution in [2.75, 3.05) is 5.32 Å². The minimum absolute atomic E-state index is 0.0144. The summed E-state index contributed by atoms with van der Waals surface area (Å²) in [6, 6.07) is 16.9. The Morgan fingerprint density at radius 2 is 1.39 bits per heavy atom. The van der Waals surface area contributed by atoms with Crippen LogP contribution in [0.15, 0.2) is 72.8 Å². The number of nitrogens with one attached hydrogen (secondary N) is 1. The zero-order valence-electron chi connectivity index (χ0n) is 14.3. The van der Waals surface area contributed by atoms with E-state index in [1.165, 1.54) is 36.4 Å². The number of carbonyl (C=O) groups excluding carboxylic acids is 1. The normalized spacial score (nSPS) is 11.1. The summed E-state index contributed by atoms with van der Waals surface area (Å²) < 4.78 is 38.8. The van der Waals surface area contributed by atoms with Crippen LogP contribution in [0.25, 0.3) is 11.1 Å². The summed E-state index contributed by atoms with van der Waals surface area (Å²) in [6.45, 7) is 0. The third-order valence-corrected chi connectivity index (χ3v) is 4.05. The van der Waals surface area contributed by atoms with Gasteiger partial charge in [0.25, 0.3) is 5.91 Å². The van der Waals surface area contributed by atoms with Gasteiger partial charge in [-0.25, -0.2) is 4.79 Å². The molecule has 0 bridgehead atoms. The Labute approximate surface area is 158 Å². The first-order valence-corrected chi connectivity index (χ1v) is 8.17. The van der Waals surface area contributed by atoms with Gasteiger partial charge in [-0.05, 0) is 47.5 Å². The predicted molar refractivity (Wildman–Crippen MR) is 98.2 cm³/mol. The second-order valence-corrected chi connectivity index (χ2v) is 5.96. The number of hydrogen-bond acceptors (Lipinski definition) is 2. The lowest BCUT2D eigenvalue weighted by atomic mass is 10.0. The van der Waals surface area contributed by atoms with Crippen molar-refractivity contribution >= 4 is 17.6 Å². The quantitative estimate of drug-likeness (QED) is 0.639. The molecular weight excluding hydrogens is 371 g/mol. The average molecular weight is 385 g/mol. The highest BCUT2D eigenvalue weighted by atomic mass is 19.4. The highest BCUT2D eigenvalue weighted by molar-refractivity contribution is 6.10. The Kier molecular flexibility index (Phi) is 5.17. The molecule has 0 aliphatic carbocycles. The minimum atomic E-state index is -4.46. The zero-order chi connectivity index (χ0) is 20.3. The Morgan fingerprint density at radius 1 is 0.786 bits per heavy atom. The second kappa shape index (κ2) is 7.56. The summed E-state index contributed by atoms with van der Waals surface area (Å²) in [6.07, 6.45) is -4.46. The summed E-state index contributed by atoms with van der Waals surface area (Å²) in [7, 11) is 0. The summed E-state index contributed by atoms with van der Waals surface area (Å²) in [4.78, 5) is 23.7. The van der Waals surface area contributed by atoms with Gasteiger partial charge in [-0.3, -0.25) is 4.79 Å². The van der Waals surface area contributed by atoms with Crippen LogP contribution in [0.3, 0.4) is 0 Å². The lowest BCUT2D eigenvalue weighted by Gasteiger charge is -2.11. The number of hydrogen-bond donors (Lipinski definition) is 2. The van der Waals surface area contributed by atoms with Crippen molar-refractivity contribution in [2.45, 2.75) is 6.18 Å². The van der Waals surface area contributed by atoms with Crippen LogP contribution in [0.4, 0.5) is 18.9 Å². The number of halogens is 3. The van der Waals surface area contributed by atoms with Gasteiger partial charge in [0.15, 0.2) is 0 Å². The van der Waals surface area contributed by atoms with Crippen LogP contribution >= 0.6 is 0 Å². The van der Waals surface area contributed by atoms with Crippen molar-refractivity contribution in [3.8, 4) is 11.1 Å². The van der Waals surface area contributed by atoms with Gasteiger partial charge < -0.3 is 10.4 Å². The van der Waals surface area contributed by atoms with E-state index >= 15 is 0 Å². The van der Waals surface area contributed by atoms with Gasteiger partial charge in [0, 0.05) is 5.69 Å². The topological polar surface area (TPSA) is 66.4 Å². The van der Waals surface area contributed by atoms with Crippen molar-refractivity contribution in [1.29, 1.82) is 0 Å². The van der Waals surface area contributed by atoms with Gasteiger partial charge in [-0.2, -0.15) is 13.2 Å². The maximum Gasteiger partial charge on any atom is 0.416 e. The molecule has 7 heteroatoms. The molecule has 0 saturated heterocycles. The van der Waals surface area contributed by atoms with Crippen LogP contribution in [0.5, 0.6) is 0 Å². The first-order valence-electron chi connectivity index (χ1n) is 8.17. The Bertz CT molecular complexity index is 1040. The number of carboxylic acids is 1. The van der Waals surface area contributed by atoms with E-state index in [9.17, 15) is 27.9 Å². The number of carboxylic acid groups (broad SMARTS) is 1. The van der Waals surface area contributed by atoms with E-state index in [0.717, 1.165) is 12.1 Å². The van der Waals surface area contributed by atoms with Crippen LogP contribution in [-0.4, -0.2) is 17.0 Å². The van der Waals surface area contributed by atoms with Crippen LogP contribution in [-0.2, 0) is 6.18 Å². The largest absolute Gasteiger partial charge is 0.478 e. The first kappa shape index (κ1) is 19.2. The summed E-state index contributed by atoms with van der Waals surface area (Å²) in [5.74, 6) is -1.86. The molecule has 0 fully saturated rings. The molecule has 3 rings (SSSR count). The van der Waals surface area contributed by atoms with Gasteiger partial charge >= 0.3 is 12.1 Å². The SMILES string of the molecule is O=C(O)c1ccccc1C(=O)Nc1cccc(-c2cccc(C(F)(F)F)c2)c1. The third-order valence-electron chi connectivity index (χ3n) is 4.05. The van der Waals surface area contributed by atoms with Gasteiger partial charge in [-0.1, -0.05) is 36.4 Å². The number of alkyl halides is 3. The maximum atomic E-state index is 12.9. The number of aromatic carboxylic acids is 1. The van der Waals surface area contributed by atoms with E-state index in [1.807, 2.05) is 0 Å². The van der Waals surface area contributed by atoms with Crippen molar-refractivity contribution in [3.63, 3.8) is 0 Å². The average Bonchev–Trinajstić information content (AvgIpc) is 2.67. The molecule has 28 heavy (non-hydrogen) atoms. The molecule has 4 nitrogen and oxygen atoms in total. The molecule has 0 aliphatic heterocycles. The van der Waals surface area contributed by atoms with Gasteiger partial charge in [0.1, 0.15) is 0 Å². The van der Waals surface area contributed by atoms with E-state index in [4.69, 9.17) is 0 Å². The molecule has 3 aromatic carbocycles. The first-order chi connectivity index (χ1) is 13.3. The van der Waals surface area contributed by atoms with E-state index < -0.39 is 23.6 Å². The van der Waals surface area contributed by atoms with Crippen LogP contribution in [0, 0.1) is 0 Å². The van der Waals surface area contributed by atoms with E-state index in [2.05, 4.69) is 5.32 Å². The molecule has 0 saturated carbocycles. The Morgan fingerprint density at radius 3 is 2.04 bits per heavy atom. The molecule has 0 heterocycles. The highest BCUT2D eigenvalue weighted by Gasteiger charge is 2.30. The second-order valence-electron chi connectivity index (χ2n) is 5.96. The molecule has 0 atom stereocenters. The monoisotopic (exact) mass is 385 g/mol. The Balaban J connectivity index is 1.89. The fourth-order valence-corrected chi connectivity index (χ4v) is 2.72. The van der Waals surface area contributed by atoms with Crippen molar-refractivity contribution in [2.24, 2.45) is 0 Å². The number of benzene rings is 3. The van der Waals surface area contributed by atoms with E-state index in [-0.39, 0.29) is 11.1 Å². The molecule has 0 radical (unpaired) electrons. The zero-order valence-corrected chi connectivity index (χ0v) is 14.3. The summed E-state index contributed by atoms with van der Waals surface area (Å²) in [5, 5.41) is 11.8. The predicted octanol–water partition coefficient (Wildman–Crippen LogP) is 5.32. The molecule has 0 aromatic heterocycles. The lowest BCUT2D eigenvalue weighted by Crippen LogP contribution is -2.16. The van der Waals surface area contributed by atoms with E-state index in [0.29, 0.717) is 16.8 Å². The molecule has 0 unspecified atom stereocenters. The van der Waals surface area contributed by atoms with Crippen LogP contribution < -0.4 is 5.32 Å². The van der Waals surface area contributed by atoms with Gasteiger partial charge in [0.2, 0.25) is 0 Å². The van der Waals surface area contributed by atoms with Gasteiger partial charge in [0.05, 0.1) is 16.7 Å². The minimum Gasteiger partial charge on any atom is -0.478 e. The van der Waals surface area contributed by atoms with Crippen LogP contribution in [0.1, 0.15) is 26.3 Å². The summed E-state index contributed by atoms with van der Waals surface area (Å²) in [5.41, 5.74) is 0.232. The molecule has 0 aliphatic rings. The fourth-order valence-electron chi connectivity index (χ4n) is 2.72. The van der Waals surface area contributed by atoms with Crippen molar-refractivity contribution < 1.29 is 27.9 Å². The molecule has 142 valence electrons. The van der Waals surface area contributed by atoms with Gasteiger partial charge in [-0.15, -0.1) is 0 Å². The number of rotatable bonds is 4. The molecule has 3 aromatic rings. The fraction of sp³-hybridized carbons (Fsp3) is 0.0476. The van der Waals surface area contributed by atoms with Crippen molar-refractivity contribution in [3.05, 3.63) is 89.5 Å². The molecule has 0 spiro atoms. The smallest absolute Gasteiger partial charge is 0.416 e. The third kappa shape index (κ3) is 4.20. The molecular formula is C21H14F3NO3. The Hall–Kier alpha value is -3.61. The number of anilines is 1. The maximum absolute atomic E-state index is 12.9. The highest BCUT2D eigenvalue weighted by Crippen LogP contribution is 2.32. The van der Waals surface area contributed by atoms with E-state index in [1.54, 1.807) is 24.3 Å². The number of amides is 1. The number of carbonyl (C=O) groups is 2.